The summed E-state index contributed by atoms with van der Waals surface area (Å²) in [7, 11) is 4.26. The van der Waals surface area contributed by atoms with E-state index in [1.165, 1.54) is 16.7 Å². The molecule has 1 aliphatic heterocycles. The SMILES string of the molecule is CCNC(=NCc1ccnc(N2CCN(C)CC2)c1)N(C)Cc1ccc(C)cc1. The molecule has 0 saturated carbocycles. The fourth-order valence-electron chi connectivity index (χ4n) is 3.45. The summed E-state index contributed by atoms with van der Waals surface area (Å²) in [6, 6.07) is 12.9. The summed E-state index contributed by atoms with van der Waals surface area (Å²) in [5.74, 6) is 1.98. The lowest BCUT2D eigenvalue weighted by molar-refractivity contribution is 0.312. The van der Waals surface area contributed by atoms with E-state index < -0.39 is 0 Å². The van der Waals surface area contributed by atoms with Crippen LogP contribution in [-0.4, -0.2) is 67.6 Å². The number of piperazine rings is 1. The van der Waals surface area contributed by atoms with Gasteiger partial charge in [-0.1, -0.05) is 29.8 Å². The number of likely N-dealkylation sites (N-methyl/N-ethyl adjacent to an activating group) is 1. The predicted octanol–water partition coefficient (Wildman–Crippen LogP) is 2.74. The second-order valence-corrected chi connectivity index (χ2v) is 7.82. The molecule has 0 amide bonds. The molecule has 29 heavy (non-hydrogen) atoms. The van der Waals surface area contributed by atoms with E-state index in [2.05, 4.69) is 89.3 Å². The summed E-state index contributed by atoms with van der Waals surface area (Å²) in [6.07, 6.45) is 1.90. The monoisotopic (exact) mass is 394 g/mol. The van der Waals surface area contributed by atoms with Gasteiger partial charge < -0.3 is 20.0 Å². The van der Waals surface area contributed by atoms with Gasteiger partial charge in [-0.2, -0.15) is 0 Å². The van der Waals surface area contributed by atoms with Crippen LogP contribution < -0.4 is 10.2 Å². The molecule has 0 bridgehead atoms. The number of aromatic nitrogens is 1. The number of aryl methyl sites for hydroxylation is 1. The minimum Gasteiger partial charge on any atom is -0.357 e. The van der Waals surface area contributed by atoms with Crippen molar-refractivity contribution in [1.29, 1.82) is 0 Å². The van der Waals surface area contributed by atoms with Gasteiger partial charge in [0.2, 0.25) is 0 Å². The molecule has 3 rings (SSSR count). The summed E-state index contributed by atoms with van der Waals surface area (Å²) in [4.78, 5) is 16.4. The van der Waals surface area contributed by atoms with Crippen LogP contribution in [0, 0.1) is 6.92 Å². The standard InChI is InChI=1S/C23H34N6/c1-5-24-23(28(4)18-20-8-6-19(2)7-9-20)26-17-21-10-11-25-22(16-21)29-14-12-27(3)13-15-29/h6-11,16H,5,12-15,17-18H2,1-4H3,(H,24,26). The molecular weight excluding hydrogens is 360 g/mol. The maximum absolute atomic E-state index is 4.87. The molecule has 1 saturated heterocycles. The van der Waals surface area contributed by atoms with Gasteiger partial charge in [0.05, 0.1) is 6.54 Å². The predicted molar refractivity (Wildman–Crippen MR) is 121 cm³/mol. The minimum atomic E-state index is 0.643. The van der Waals surface area contributed by atoms with Crippen molar-refractivity contribution in [3.63, 3.8) is 0 Å². The maximum Gasteiger partial charge on any atom is 0.194 e. The molecule has 1 aromatic heterocycles. The topological polar surface area (TPSA) is 47.0 Å². The van der Waals surface area contributed by atoms with Crippen molar-refractivity contribution in [1.82, 2.24) is 20.1 Å². The van der Waals surface area contributed by atoms with Crippen molar-refractivity contribution in [3.05, 3.63) is 59.3 Å². The van der Waals surface area contributed by atoms with Crippen molar-refractivity contribution in [2.45, 2.75) is 26.9 Å². The third-order valence-electron chi connectivity index (χ3n) is 5.29. The number of nitrogens with one attached hydrogen (secondary N) is 1. The lowest BCUT2D eigenvalue weighted by Gasteiger charge is -2.33. The fraction of sp³-hybridized carbons (Fsp3) is 0.478. The van der Waals surface area contributed by atoms with E-state index in [0.717, 1.165) is 51.0 Å². The van der Waals surface area contributed by atoms with Crippen LogP contribution in [0.2, 0.25) is 0 Å². The molecular formula is C23H34N6. The van der Waals surface area contributed by atoms with E-state index in [4.69, 9.17) is 4.99 Å². The van der Waals surface area contributed by atoms with Gasteiger partial charge in [-0.3, -0.25) is 0 Å². The summed E-state index contributed by atoms with van der Waals surface area (Å²) in [5.41, 5.74) is 3.75. The van der Waals surface area contributed by atoms with Gasteiger partial charge in [0.15, 0.2) is 5.96 Å². The third-order valence-corrected chi connectivity index (χ3v) is 5.29. The maximum atomic E-state index is 4.87. The number of hydrogen-bond acceptors (Lipinski definition) is 4. The second-order valence-electron chi connectivity index (χ2n) is 7.82. The second kappa shape index (κ2) is 10.3. The molecule has 6 heteroatoms. The molecule has 0 atom stereocenters. The van der Waals surface area contributed by atoms with Crippen molar-refractivity contribution in [3.8, 4) is 0 Å². The van der Waals surface area contributed by atoms with Crippen LogP contribution in [0.5, 0.6) is 0 Å². The highest BCUT2D eigenvalue weighted by molar-refractivity contribution is 5.79. The van der Waals surface area contributed by atoms with Crippen LogP contribution in [0.1, 0.15) is 23.6 Å². The highest BCUT2D eigenvalue weighted by Crippen LogP contribution is 2.15. The Morgan fingerprint density at radius 1 is 1.10 bits per heavy atom. The average molecular weight is 395 g/mol. The van der Waals surface area contributed by atoms with E-state index >= 15 is 0 Å². The molecule has 0 aliphatic carbocycles. The number of anilines is 1. The lowest BCUT2D eigenvalue weighted by atomic mass is 10.1. The van der Waals surface area contributed by atoms with E-state index in [1.807, 2.05) is 6.20 Å². The molecule has 1 N–H and O–H groups in total. The number of rotatable bonds is 6. The van der Waals surface area contributed by atoms with Gasteiger partial charge in [0, 0.05) is 52.5 Å². The molecule has 1 fully saturated rings. The number of guanidine groups is 1. The summed E-state index contributed by atoms with van der Waals surface area (Å²) in [5, 5.41) is 3.41. The van der Waals surface area contributed by atoms with Crippen LogP contribution in [0.15, 0.2) is 47.6 Å². The highest BCUT2D eigenvalue weighted by atomic mass is 15.3. The lowest BCUT2D eigenvalue weighted by Crippen LogP contribution is -2.44. The number of hydrogen-bond donors (Lipinski definition) is 1. The van der Waals surface area contributed by atoms with E-state index in [9.17, 15) is 0 Å². The van der Waals surface area contributed by atoms with Crippen LogP contribution in [0.3, 0.4) is 0 Å². The first-order valence-electron chi connectivity index (χ1n) is 10.5. The number of nitrogens with zero attached hydrogens (tertiary/aromatic N) is 5. The van der Waals surface area contributed by atoms with E-state index in [1.54, 1.807) is 0 Å². The zero-order chi connectivity index (χ0) is 20.6. The van der Waals surface area contributed by atoms with Crippen molar-refractivity contribution in [2.75, 3.05) is 51.7 Å². The molecule has 6 nitrogen and oxygen atoms in total. The Morgan fingerprint density at radius 3 is 2.52 bits per heavy atom. The molecule has 156 valence electrons. The number of benzene rings is 1. The van der Waals surface area contributed by atoms with Crippen LogP contribution >= 0.6 is 0 Å². The van der Waals surface area contributed by atoms with Crippen molar-refractivity contribution in [2.24, 2.45) is 4.99 Å². The molecule has 1 aromatic carbocycles. The zero-order valence-electron chi connectivity index (χ0n) is 18.2. The van der Waals surface area contributed by atoms with Crippen molar-refractivity contribution < 1.29 is 0 Å². The Bertz CT molecular complexity index is 793. The summed E-state index contributed by atoms with van der Waals surface area (Å²) >= 11 is 0. The molecule has 0 spiro atoms. The fourth-order valence-corrected chi connectivity index (χ4v) is 3.45. The van der Waals surface area contributed by atoms with Gasteiger partial charge in [-0.25, -0.2) is 9.98 Å². The quantitative estimate of drug-likeness (QED) is 0.603. The molecule has 2 aromatic rings. The Labute approximate surface area is 175 Å². The highest BCUT2D eigenvalue weighted by Gasteiger charge is 2.15. The van der Waals surface area contributed by atoms with E-state index in [0.29, 0.717) is 6.54 Å². The van der Waals surface area contributed by atoms with Gasteiger partial charge in [0.25, 0.3) is 0 Å². The van der Waals surface area contributed by atoms with Crippen LogP contribution in [0.4, 0.5) is 5.82 Å². The first-order valence-corrected chi connectivity index (χ1v) is 10.5. The normalized spacial score (nSPS) is 15.4. The number of pyridine rings is 1. The Morgan fingerprint density at radius 2 is 1.83 bits per heavy atom. The Hall–Kier alpha value is -2.60. The van der Waals surface area contributed by atoms with Crippen molar-refractivity contribution >= 4 is 11.8 Å². The van der Waals surface area contributed by atoms with Gasteiger partial charge in [-0.05, 0) is 44.2 Å². The molecule has 1 aliphatic rings. The third kappa shape index (κ3) is 6.19. The number of aliphatic imine (C=N–C) groups is 1. The molecule has 0 unspecified atom stereocenters. The average Bonchev–Trinajstić information content (AvgIpc) is 2.73. The molecule has 0 radical (unpaired) electrons. The smallest absolute Gasteiger partial charge is 0.194 e. The largest absolute Gasteiger partial charge is 0.357 e. The first kappa shape index (κ1) is 21.1. The van der Waals surface area contributed by atoms with Crippen LogP contribution in [0.25, 0.3) is 0 Å². The minimum absolute atomic E-state index is 0.643. The van der Waals surface area contributed by atoms with Gasteiger partial charge >= 0.3 is 0 Å². The van der Waals surface area contributed by atoms with E-state index in [-0.39, 0.29) is 0 Å². The van der Waals surface area contributed by atoms with Crippen LogP contribution in [-0.2, 0) is 13.1 Å². The van der Waals surface area contributed by atoms with Gasteiger partial charge in [0.1, 0.15) is 5.82 Å². The Kier molecular flexibility index (Phi) is 7.47. The molecule has 2 heterocycles. The zero-order valence-corrected chi connectivity index (χ0v) is 18.2. The van der Waals surface area contributed by atoms with Gasteiger partial charge in [-0.15, -0.1) is 0 Å². The first-order chi connectivity index (χ1) is 14.0. The Balaban J connectivity index is 1.66. The summed E-state index contributed by atoms with van der Waals surface area (Å²) in [6.45, 7) is 10.8. The summed E-state index contributed by atoms with van der Waals surface area (Å²) < 4.78 is 0.